The zero-order chi connectivity index (χ0) is 16.7. The minimum absolute atomic E-state index is 0.0304. The first kappa shape index (κ1) is 14.9. The number of hydrogen-bond donors (Lipinski definition) is 1. The SMILES string of the molecule is CN(C)C1=CC(c2cccc3nc(NC(=O)C4CC4)nn23)CC=C1. The number of nitrogens with zero attached hydrogens (tertiary/aromatic N) is 4. The third-order valence-corrected chi connectivity index (χ3v) is 4.52. The van der Waals surface area contributed by atoms with Crippen LogP contribution < -0.4 is 5.32 Å². The molecule has 2 aliphatic carbocycles. The standard InChI is InChI=1S/C18H21N5O/c1-22(2)14-6-3-5-13(11-14)15-7-4-8-16-19-18(21-23(15)16)20-17(24)12-9-10-12/h3-4,6-8,11-13H,5,9-10H2,1-2H3,(H,20,21,24). The van der Waals surface area contributed by atoms with Gasteiger partial charge in [0.1, 0.15) is 0 Å². The number of hydrogen-bond acceptors (Lipinski definition) is 4. The number of aromatic nitrogens is 3. The van der Waals surface area contributed by atoms with Crippen molar-refractivity contribution >= 4 is 17.5 Å². The second-order valence-corrected chi connectivity index (χ2v) is 6.65. The van der Waals surface area contributed by atoms with E-state index < -0.39 is 0 Å². The van der Waals surface area contributed by atoms with E-state index >= 15 is 0 Å². The molecule has 1 atom stereocenters. The van der Waals surface area contributed by atoms with Gasteiger partial charge in [-0.15, -0.1) is 5.10 Å². The highest BCUT2D eigenvalue weighted by molar-refractivity contribution is 5.92. The molecule has 1 fully saturated rings. The molecule has 1 saturated carbocycles. The van der Waals surface area contributed by atoms with Crippen molar-refractivity contribution in [3.05, 3.63) is 47.8 Å². The number of likely N-dealkylation sites (N-methyl/N-ethyl adjacent to an activating group) is 1. The van der Waals surface area contributed by atoms with E-state index in [4.69, 9.17) is 0 Å². The van der Waals surface area contributed by atoms with Crippen LogP contribution in [0.1, 0.15) is 30.9 Å². The number of nitrogens with one attached hydrogen (secondary N) is 1. The van der Waals surface area contributed by atoms with Crippen LogP contribution in [0.4, 0.5) is 5.95 Å². The molecule has 0 radical (unpaired) electrons. The first-order valence-electron chi connectivity index (χ1n) is 8.34. The van der Waals surface area contributed by atoms with Crippen molar-refractivity contribution in [2.24, 2.45) is 5.92 Å². The van der Waals surface area contributed by atoms with Crippen molar-refractivity contribution in [3.8, 4) is 0 Å². The number of carbonyl (C=O) groups is 1. The van der Waals surface area contributed by atoms with Crippen LogP contribution in [0.15, 0.2) is 42.1 Å². The smallest absolute Gasteiger partial charge is 0.249 e. The van der Waals surface area contributed by atoms with E-state index in [0.29, 0.717) is 5.95 Å². The lowest BCUT2D eigenvalue weighted by molar-refractivity contribution is -0.117. The first-order chi connectivity index (χ1) is 11.6. The summed E-state index contributed by atoms with van der Waals surface area (Å²) in [4.78, 5) is 18.5. The van der Waals surface area contributed by atoms with Gasteiger partial charge in [0.2, 0.25) is 11.9 Å². The maximum absolute atomic E-state index is 11.9. The fourth-order valence-electron chi connectivity index (χ4n) is 2.99. The summed E-state index contributed by atoms with van der Waals surface area (Å²) in [5.74, 6) is 0.806. The lowest BCUT2D eigenvalue weighted by Gasteiger charge is -2.22. The summed E-state index contributed by atoms with van der Waals surface area (Å²) in [6, 6.07) is 5.98. The lowest BCUT2D eigenvalue weighted by atomic mass is 9.95. The number of amides is 1. The zero-order valence-corrected chi connectivity index (χ0v) is 13.9. The molecule has 0 saturated heterocycles. The van der Waals surface area contributed by atoms with E-state index in [0.717, 1.165) is 30.6 Å². The summed E-state index contributed by atoms with van der Waals surface area (Å²) in [5, 5.41) is 7.35. The summed E-state index contributed by atoms with van der Waals surface area (Å²) < 4.78 is 1.84. The van der Waals surface area contributed by atoms with Gasteiger partial charge in [0.25, 0.3) is 0 Å². The second kappa shape index (κ2) is 5.78. The molecule has 6 heteroatoms. The molecular formula is C18H21N5O. The van der Waals surface area contributed by atoms with E-state index in [1.807, 2.05) is 30.7 Å². The van der Waals surface area contributed by atoms with Crippen LogP contribution in [0, 0.1) is 5.92 Å². The Morgan fingerprint density at radius 2 is 2.17 bits per heavy atom. The average Bonchev–Trinajstić information content (AvgIpc) is 3.35. The molecule has 2 aromatic heterocycles. The maximum atomic E-state index is 11.9. The van der Waals surface area contributed by atoms with Crippen molar-refractivity contribution < 1.29 is 4.79 Å². The Hall–Kier alpha value is -2.63. The number of allylic oxidation sites excluding steroid dienone is 3. The molecule has 0 spiro atoms. The number of pyridine rings is 1. The zero-order valence-electron chi connectivity index (χ0n) is 13.9. The van der Waals surface area contributed by atoms with Gasteiger partial charge in [0.05, 0.1) is 5.69 Å². The Labute approximate surface area is 140 Å². The topological polar surface area (TPSA) is 62.5 Å². The maximum Gasteiger partial charge on any atom is 0.249 e. The van der Waals surface area contributed by atoms with E-state index in [-0.39, 0.29) is 17.7 Å². The molecule has 1 unspecified atom stereocenters. The molecule has 6 nitrogen and oxygen atoms in total. The first-order valence-corrected chi connectivity index (χ1v) is 8.34. The van der Waals surface area contributed by atoms with Crippen LogP contribution in [-0.2, 0) is 4.79 Å². The van der Waals surface area contributed by atoms with Crippen LogP contribution in [-0.4, -0.2) is 39.5 Å². The van der Waals surface area contributed by atoms with Gasteiger partial charge in [-0.2, -0.15) is 4.98 Å². The van der Waals surface area contributed by atoms with E-state index in [1.54, 1.807) is 0 Å². The summed E-state index contributed by atoms with van der Waals surface area (Å²) in [5.41, 5.74) is 3.02. The molecule has 24 heavy (non-hydrogen) atoms. The van der Waals surface area contributed by atoms with Crippen molar-refractivity contribution in [3.63, 3.8) is 0 Å². The highest BCUT2D eigenvalue weighted by atomic mass is 16.2. The van der Waals surface area contributed by atoms with Gasteiger partial charge in [0.15, 0.2) is 5.65 Å². The fraction of sp³-hybridized carbons (Fsp3) is 0.389. The Bertz CT molecular complexity index is 844. The number of rotatable bonds is 4. The van der Waals surface area contributed by atoms with Gasteiger partial charge in [-0.05, 0) is 37.5 Å². The van der Waals surface area contributed by atoms with Gasteiger partial charge >= 0.3 is 0 Å². The van der Waals surface area contributed by atoms with Crippen molar-refractivity contribution in [1.82, 2.24) is 19.5 Å². The molecule has 2 aliphatic rings. The van der Waals surface area contributed by atoms with Crippen LogP contribution in [0.25, 0.3) is 5.65 Å². The van der Waals surface area contributed by atoms with Crippen molar-refractivity contribution in [1.29, 1.82) is 0 Å². The molecule has 1 amide bonds. The van der Waals surface area contributed by atoms with Crippen LogP contribution in [0.2, 0.25) is 0 Å². The third-order valence-electron chi connectivity index (χ3n) is 4.52. The quantitative estimate of drug-likeness (QED) is 0.939. The number of anilines is 1. The van der Waals surface area contributed by atoms with Gasteiger partial charge in [-0.25, -0.2) is 4.52 Å². The van der Waals surface area contributed by atoms with E-state index in [1.165, 1.54) is 5.70 Å². The highest BCUT2D eigenvalue weighted by Gasteiger charge is 2.30. The lowest BCUT2D eigenvalue weighted by Crippen LogP contribution is -2.15. The molecule has 2 aromatic rings. The number of fused-ring (bicyclic) bond motifs is 1. The molecular weight excluding hydrogens is 302 g/mol. The highest BCUT2D eigenvalue weighted by Crippen LogP contribution is 2.30. The van der Waals surface area contributed by atoms with Crippen molar-refractivity contribution in [2.75, 3.05) is 19.4 Å². The third kappa shape index (κ3) is 2.79. The van der Waals surface area contributed by atoms with Crippen LogP contribution in [0.5, 0.6) is 0 Å². The summed E-state index contributed by atoms with van der Waals surface area (Å²) in [6.45, 7) is 0. The van der Waals surface area contributed by atoms with Crippen LogP contribution >= 0.6 is 0 Å². The number of carbonyl (C=O) groups excluding carboxylic acids is 1. The fourth-order valence-corrected chi connectivity index (χ4v) is 2.99. The normalized spacial score (nSPS) is 20.1. The summed E-state index contributed by atoms with van der Waals surface area (Å²) in [7, 11) is 4.08. The van der Waals surface area contributed by atoms with Crippen LogP contribution in [0.3, 0.4) is 0 Å². The Morgan fingerprint density at radius 3 is 2.92 bits per heavy atom. The molecule has 124 valence electrons. The van der Waals surface area contributed by atoms with Gasteiger partial charge in [0, 0.05) is 31.6 Å². The van der Waals surface area contributed by atoms with E-state index in [9.17, 15) is 4.79 Å². The molecule has 0 bridgehead atoms. The van der Waals surface area contributed by atoms with E-state index in [2.05, 4.69) is 44.6 Å². The Kier molecular flexibility index (Phi) is 3.59. The molecule has 2 heterocycles. The predicted molar refractivity (Wildman–Crippen MR) is 92.6 cm³/mol. The largest absolute Gasteiger partial charge is 0.378 e. The van der Waals surface area contributed by atoms with Gasteiger partial charge in [-0.1, -0.05) is 18.2 Å². The minimum Gasteiger partial charge on any atom is -0.378 e. The molecule has 0 aromatic carbocycles. The predicted octanol–water partition coefficient (Wildman–Crippen LogP) is 2.57. The summed E-state index contributed by atoms with van der Waals surface area (Å²) >= 11 is 0. The van der Waals surface area contributed by atoms with Gasteiger partial charge < -0.3 is 4.90 Å². The molecule has 1 N–H and O–H groups in total. The molecule has 0 aliphatic heterocycles. The Balaban J connectivity index is 1.67. The molecule has 4 rings (SSSR count). The monoisotopic (exact) mass is 323 g/mol. The second-order valence-electron chi connectivity index (χ2n) is 6.65. The van der Waals surface area contributed by atoms with Crippen molar-refractivity contribution in [2.45, 2.75) is 25.2 Å². The summed E-state index contributed by atoms with van der Waals surface area (Å²) in [6.07, 6.45) is 9.44. The minimum atomic E-state index is 0.0304. The Morgan fingerprint density at radius 1 is 1.33 bits per heavy atom. The van der Waals surface area contributed by atoms with Gasteiger partial charge in [-0.3, -0.25) is 10.1 Å². The average molecular weight is 323 g/mol.